The predicted molar refractivity (Wildman–Crippen MR) is 165 cm³/mol. The maximum Gasteiger partial charge on any atom is 0.150 e. The Kier molecular flexibility index (Phi) is 6.89. The van der Waals surface area contributed by atoms with Crippen molar-refractivity contribution in [3.05, 3.63) is 146 Å². The molecule has 0 heterocycles. The second-order valence-corrected chi connectivity index (χ2v) is 9.36. The van der Waals surface area contributed by atoms with E-state index in [9.17, 15) is 0 Å². The zero-order valence-electron chi connectivity index (χ0n) is 21.8. The van der Waals surface area contributed by atoms with Crippen LogP contribution in [0.2, 0.25) is 0 Å². The van der Waals surface area contributed by atoms with Gasteiger partial charge in [0.1, 0.15) is 23.0 Å². The van der Waals surface area contributed by atoms with Crippen molar-refractivity contribution in [3.63, 3.8) is 0 Å². The minimum absolute atomic E-state index is 0.589. The highest BCUT2D eigenvalue weighted by molar-refractivity contribution is 5.94. The highest BCUT2D eigenvalue weighted by atomic mass is 16.5. The number of nitrogens with two attached hydrogens (primary N) is 2. The summed E-state index contributed by atoms with van der Waals surface area (Å²) < 4.78 is 12.7. The molecular formula is C36H28N2O2. The summed E-state index contributed by atoms with van der Waals surface area (Å²) in [4.78, 5) is 0. The Morgan fingerprint density at radius 1 is 0.275 bits per heavy atom. The van der Waals surface area contributed by atoms with Gasteiger partial charge in [-0.2, -0.15) is 0 Å². The summed E-state index contributed by atoms with van der Waals surface area (Å²) in [5, 5.41) is 0. The molecule has 0 aliphatic rings. The highest BCUT2D eigenvalue weighted by Crippen LogP contribution is 2.44. The fraction of sp³-hybridized carbons (Fsp3) is 0. The van der Waals surface area contributed by atoms with Gasteiger partial charge in [-0.3, -0.25) is 0 Å². The number of para-hydroxylation sites is 6. The van der Waals surface area contributed by atoms with E-state index in [2.05, 4.69) is 48.5 Å². The van der Waals surface area contributed by atoms with Crippen LogP contribution in [0.5, 0.6) is 23.0 Å². The van der Waals surface area contributed by atoms with Gasteiger partial charge in [-0.05, 0) is 58.7 Å². The molecule has 0 spiro atoms. The minimum Gasteiger partial charge on any atom is -0.455 e. The lowest BCUT2D eigenvalue weighted by atomic mass is 9.89. The van der Waals surface area contributed by atoms with Crippen molar-refractivity contribution in [1.82, 2.24) is 0 Å². The summed E-state index contributed by atoms with van der Waals surface area (Å²) in [5.74, 6) is 2.71. The van der Waals surface area contributed by atoms with Gasteiger partial charge in [0.2, 0.25) is 0 Å². The van der Waals surface area contributed by atoms with Gasteiger partial charge in [0.05, 0.1) is 11.4 Å². The van der Waals surface area contributed by atoms with Gasteiger partial charge in [-0.15, -0.1) is 0 Å². The summed E-state index contributed by atoms with van der Waals surface area (Å²) in [6.07, 6.45) is 0. The molecule has 0 atom stereocenters. The third-order valence-electron chi connectivity index (χ3n) is 6.78. The molecule has 6 rings (SSSR count). The first-order valence-corrected chi connectivity index (χ1v) is 13.1. The van der Waals surface area contributed by atoms with Gasteiger partial charge in [0.15, 0.2) is 0 Å². The number of benzene rings is 6. The molecule has 0 aliphatic carbocycles. The van der Waals surface area contributed by atoms with Crippen molar-refractivity contribution < 1.29 is 9.47 Å². The Labute approximate surface area is 234 Å². The third-order valence-corrected chi connectivity index (χ3v) is 6.78. The number of hydrogen-bond acceptors (Lipinski definition) is 4. The quantitative estimate of drug-likeness (QED) is 0.206. The molecule has 0 fully saturated rings. The van der Waals surface area contributed by atoms with Crippen LogP contribution in [-0.4, -0.2) is 0 Å². The molecular weight excluding hydrogens is 492 g/mol. The van der Waals surface area contributed by atoms with Crippen molar-refractivity contribution in [2.75, 3.05) is 11.5 Å². The standard InChI is InChI=1S/C36H28N2O2/c37-31-19-7-11-23-35(31)39-33-21-9-5-17-29(33)27-15-3-1-13-25(27)26-14-2-4-16-28(26)30-18-6-10-22-34(30)40-36-24-12-8-20-32(36)38/h1-24H,37-38H2. The smallest absolute Gasteiger partial charge is 0.150 e. The van der Waals surface area contributed by atoms with Crippen LogP contribution in [0.15, 0.2) is 146 Å². The maximum absolute atomic E-state index is 6.34. The lowest BCUT2D eigenvalue weighted by molar-refractivity contribution is 0.486. The average molecular weight is 521 g/mol. The van der Waals surface area contributed by atoms with Crippen LogP contribution in [0.25, 0.3) is 33.4 Å². The van der Waals surface area contributed by atoms with Crippen LogP contribution in [0.4, 0.5) is 11.4 Å². The Bertz CT molecular complexity index is 1660. The predicted octanol–water partition coefficient (Wildman–Crippen LogP) is 9.44. The van der Waals surface area contributed by atoms with E-state index in [-0.39, 0.29) is 0 Å². The van der Waals surface area contributed by atoms with Crippen LogP contribution < -0.4 is 20.9 Å². The molecule has 0 amide bonds. The Morgan fingerprint density at radius 3 is 0.875 bits per heavy atom. The molecule has 40 heavy (non-hydrogen) atoms. The molecule has 0 aliphatic heterocycles. The van der Waals surface area contributed by atoms with Gasteiger partial charge < -0.3 is 20.9 Å². The molecule has 6 aromatic rings. The van der Waals surface area contributed by atoms with Crippen molar-refractivity contribution >= 4 is 11.4 Å². The molecule has 0 bridgehead atoms. The van der Waals surface area contributed by atoms with Crippen molar-refractivity contribution in [2.45, 2.75) is 0 Å². The Morgan fingerprint density at radius 2 is 0.525 bits per heavy atom. The monoisotopic (exact) mass is 520 g/mol. The van der Waals surface area contributed by atoms with Gasteiger partial charge in [-0.25, -0.2) is 0 Å². The fourth-order valence-corrected chi connectivity index (χ4v) is 4.85. The fourth-order valence-electron chi connectivity index (χ4n) is 4.85. The van der Waals surface area contributed by atoms with E-state index < -0.39 is 0 Å². The van der Waals surface area contributed by atoms with Crippen molar-refractivity contribution in [3.8, 4) is 56.4 Å². The third kappa shape index (κ3) is 4.98. The number of hydrogen-bond donors (Lipinski definition) is 2. The van der Waals surface area contributed by atoms with Crippen LogP contribution in [-0.2, 0) is 0 Å². The summed E-state index contributed by atoms with van der Waals surface area (Å²) in [5.41, 5.74) is 19.8. The van der Waals surface area contributed by atoms with Crippen molar-refractivity contribution in [1.29, 1.82) is 0 Å². The van der Waals surface area contributed by atoms with Crippen molar-refractivity contribution in [2.24, 2.45) is 0 Å². The van der Waals surface area contributed by atoms with Crippen LogP contribution in [0.3, 0.4) is 0 Å². The first kappa shape index (κ1) is 24.8. The highest BCUT2D eigenvalue weighted by Gasteiger charge is 2.18. The summed E-state index contributed by atoms with van der Waals surface area (Å²) in [7, 11) is 0. The topological polar surface area (TPSA) is 70.5 Å². The second-order valence-electron chi connectivity index (χ2n) is 9.36. The minimum atomic E-state index is 0.589. The normalized spacial score (nSPS) is 10.7. The average Bonchev–Trinajstić information content (AvgIpc) is 3.00. The summed E-state index contributed by atoms with van der Waals surface area (Å²) in [6.45, 7) is 0. The Balaban J connectivity index is 1.47. The number of anilines is 2. The van der Waals surface area contributed by atoms with Gasteiger partial charge >= 0.3 is 0 Å². The molecule has 0 radical (unpaired) electrons. The van der Waals surface area contributed by atoms with E-state index in [1.165, 1.54) is 0 Å². The first-order valence-electron chi connectivity index (χ1n) is 13.1. The molecule has 4 nitrogen and oxygen atoms in total. The number of rotatable bonds is 7. The molecule has 0 unspecified atom stereocenters. The van der Waals surface area contributed by atoms with Crippen LogP contribution >= 0.6 is 0 Å². The van der Waals surface area contributed by atoms with E-state index in [0.717, 1.165) is 44.9 Å². The molecule has 4 heteroatoms. The van der Waals surface area contributed by atoms with Crippen LogP contribution in [0, 0.1) is 0 Å². The van der Waals surface area contributed by atoms with Gasteiger partial charge in [0, 0.05) is 11.1 Å². The maximum atomic E-state index is 6.34. The van der Waals surface area contributed by atoms with E-state index in [1.807, 2.05) is 97.1 Å². The van der Waals surface area contributed by atoms with E-state index >= 15 is 0 Å². The molecule has 0 saturated heterocycles. The van der Waals surface area contributed by atoms with E-state index in [0.29, 0.717) is 22.9 Å². The Hall–Kier alpha value is -5.48. The van der Waals surface area contributed by atoms with Gasteiger partial charge in [0.25, 0.3) is 0 Å². The van der Waals surface area contributed by atoms with Crippen LogP contribution in [0.1, 0.15) is 0 Å². The summed E-state index contributed by atoms with van der Waals surface area (Å²) >= 11 is 0. The SMILES string of the molecule is Nc1ccccc1Oc1ccccc1-c1ccccc1-c1ccccc1-c1ccccc1Oc1ccccc1N. The molecule has 4 N–H and O–H groups in total. The zero-order chi connectivity index (χ0) is 27.3. The molecule has 0 saturated carbocycles. The lowest BCUT2D eigenvalue weighted by Gasteiger charge is -2.19. The van der Waals surface area contributed by atoms with E-state index in [4.69, 9.17) is 20.9 Å². The lowest BCUT2D eigenvalue weighted by Crippen LogP contribution is -1.95. The van der Waals surface area contributed by atoms with Gasteiger partial charge in [-0.1, -0.05) is 109 Å². The largest absolute Gasteiger partial charge is 0.455 e. The second kappa shape index (κ2) is 11.1. The summed E-state index contributed by atoms with van der Waals surface area (Å²) in [6, 6.07) is 47.9. The zero-order valence-corrected chi connectivity index (χ0v) is 21.8. The molecule has 0 aromatic heterocycles. The molecule has 6 aromatic carbocycles. The number of ether oxygens (including phenoxy) is 2. The molecule has 194 valence electrons. The van der Waals surface area contributed by atoms with E-state index in [1.54, 1.807) is 0 Å². The first-order chi connectivity index (χ1) is 19.7. The number of nitrogen functional groups attached to an aromatic ring is 2.